The average Bonchev–Trinajstić information content (AvgIpc) is 3.43. The Morgan fingerprint density at radius 1 is 1.17 bits per heavy atom. The standard InChI is InChI=1S/C28H22ClFN4O2/c1-16-11-25(33-32-16)31-26(35)19-4-2-3-17(12-19)15-34-24-10-9-21(30)13-22(24)28(27(34)36)14-23(28)18-5-7-20(29)8-6-18/h2-13,23H,14-15H2,1H3,(H2,31,32,33,35)/t23-,28-/m1/s1. The number of hydrogen-bond donors (Lipinski definition) is 2. The Hall–Kier alpha value is -3.97. The van der Waals surface area contributed by atoms with Crippen LogP contribution in [-0.4, -0.2) is 22.0 Å². The number of nitrogens with one attached hydrogen (secondary N) is 2. The van der Waals surface area contributed by atoms with Gasteiger partial charge in [0.15, 0.2) is 5.82 Å². The number of nitrogens with zero attached hydrogens (tertiary/aromatic N) is 2. The SMILES string of the molecule is Cc1cc(NC(=O)c2cccc(CN3C(=O)[C@]4(C[C@@H]4c4ccc(Cl)cc4)c4cc(F)ccc43)c2)n[nH]1. The number of anilines is 2. The maximum Gasteiger partial charge on any atom is 0.256 e. The average molecular weight is 501 g/mol. The zero-order valence-corrected chi connectivity index (χ0v) is 20.1. The van der Waals surface area contributed by atoms with Crippen molar-refractivity contribution < 1.29 is 14.0 Å². The van der Waals surface area contributed by atoms with E-state index in [4.69, 9.17) is 11.6 Å². The third kappa shape index (κ3) is 3.67. The minimum atomic E-state index is -0.780. The molecule has 0 unspecified atom stereocenters. The van der Waals surface area contributed by atoms with Crippen LogP contribution in [0, 0.1) is 12.7 Å². The number of aromatic nitrogens is 2. The molecule has 2 aliphatic rings. The fourth-order valence-corrected chi connectivity index (χ4v) is 5.41. The van der Waals surface area contributed by atoms with E-state index in [0.29, 0.717) is 28.5 Å². The molecule has 2 N–H and O–H groups in total. The minimum Gasteiger partial charge on any atom is -0.307 e. The Morgan fingerprint density at radius 2 is 1.97 bits per heavy atom. The maximum absolute atomic E-state index is 14.3. The maximum atomic E-state index is 14.3. The Kier molecular flexibility index (Phi) is 5.19. The van der Waals surface area contributed by atoms with Crippen molar-refractivity contribution >= 4 is 34.9 Å². The second kappa shape index (κ2) is 8.31. The molecule has 1 aliphatic carbocycles. The van der Waals surface area contributed by atoms with Gasteiger partial charge in [0.1, 0.15) is 5.82 Å². The first-order valence-electron chi connectivity index (χ1n) is 11.6. The lowest BCUT2D eigenvalue weighted by Gasteiger charge is -2.19. The number of amides is 2. The third-order valence-corrected chi connectivity index (χ3v) is 7.32. The first-order valence-corrected chi connectivity index (χ1v) is 12.0. The highest BCUT2D eigenvalue weighted by Crippen LogP contribution is 2.66. The predicted molar refractivity (Wildman–Crippen MR) is 136 cm³/mol. The van der Waals surface area contributed by atoms with E-state index in [0.717, 1.165) is 22.4 Å². The zero-order chi connectivity index (χ0) is 25.0. The van der Waals surface area contributed by atoms with Gasteiger partial charge in [-0.2, -0.15) is 5.10 Å². The highest BCUT2D eigenvalue weighted by Gasteiger charge is 2.67. The van der Waals surface area contributed by atoms with E-state index >= 15 is 0 Å². The van der Waals surface area contributed by atoms with Crippen LogP contribution in [0.1, 0.15) is 45.1 Å². The van der Waals surface area contributed by atoms with Crippen molar-refractivity contribution in [2.24, 2.45) is 0 Å². The van der Waals surface area contributed by atoms with Gasteiger partial charge in [-0.25, -0.2) is 4.39 Å². The quantitative estimate of drug-likeness (QED) is 0.367. The van der Waals surface area contributed by atoms with Crippen LogP contribution in [0.5, 0.6) is 0 Å². The van der Waals surface area contributed by atoms with Crippen molar-refractivity contribution in [1.82, 2.24) is 10.2 Å². The number of aromatic amines is 1. The van der Waals surface area contributed by atoms with Gasteiger partial charge in [0.2, 0.25) is 5.91 Å². The summed E-state index contributed by atoms with van der Waals surface area (Å²) in [4.78, 5) is 28.3. The highest BCUT2D eigenvalue weighted by atomic mass is 35.5. The molecule has 6 rings (SSSR count). The first kappa shape index (κ1) is 22.5. The molecular formula is C28H22ClFN4O2. The summed E-state index contributed by atoms with van der Waals surface area (Å²) in [6, 6.07) is 20.9. The number of rotatable bonds is 5. The van der Waals surface area contributed by atoms with E-state index in [9.17, 15) is 14.0 Å². The summed E-state index contributed by atoms with van der Waals surface area (Å²) in [5.74, 6) is -0.304. The van der Waals surface area contributed by atoms with E-state index in [1.165, 1.54) is 12.1 Å². The molecule has 0 saturated heterocycles. The van der Waals surface area contributed by atoms with Gasteiger partial charge >= 0.3 is 0 Å². The highest BCUT2D eigenvalue weighted by molar-refractivity contribution is 6.30. The molecule has 180 valence electrons. The molecule has 1 saturated carbocycles. The molecule has 2 atom stereocenters. The number of H-pyrrole nitrogens is 1. The van der Waals surface area contributed by atoms with Crippen LogP contribution in [0.2, 0.25) is 5.02 Å². The van der Waals surface area contributed by atoms with E-state index < -0.39 is 5.41 Å². The molecule has 0 radical (unpaired) electrons. The van der Waals surface area contributed by atoms with Gasteiger partial charge in [0.05, 0.1) is 12.0 Å². The van der Waals surface area contributed by atoms with Crippen LogP contribution >= 0.6 is 11.6 Å². The second-order valence-electron chi connectivity index (χ2n) is 9.42. The van der Waals surface area contributed by atoms with Crippen LogP contribution < -0.4 is 10.2 Å². The summed E-state index contributed by atoms with van der Waals surface area (Å²) >= 11 is 6.05. The molecule has 8 heteroatoms. The van der Waals surface area contributed by atoms with E-state index in [1.807, 2.05) is 37.3 Å². The van der Waals surface area contributed by atoms with Crippen LogP contribution in [0.3, 0.4) is 0 Å². The van der Waals surface area contributed by atoms with Gasteiger partial charge in [-0.1, -0.05) is 35.9 Å². The molecule has 0 bridgehead atoms. The lowest BCUT2D eigenvalue weighted by molar-refractivity contribution is -0.120. The summed E-state index contributed by atoms with van der Waals surface area (Å²) < 4.78 is 14.3. The monoisotopic (exact) mass is 500 g/mol. The molecule has 2 amide bonds. The van der Waals surface area contributed by atoms with Crippen molar-refractivity contribution in [1.29, 1.82) is 0 Å². The number of carbonyl (C=O) groups excluding carboxylic acids is 2. The number of benzene rings is 3. The Labute approximate surface area is 212 Å². The molecule has 1 aliphatic heterocycles. The van der Waals surface area contributed by atoms with Crippen molar-refractivity contribution in [3.05, 3.63) is 112 Å². The van der Waals surface area contributed by atoms with Gasteiger partial charge in [-0.3, -0.25) is 14.7 Å². The lowest BCUT2D eigenvalue weighted by Crippen LogP contribution is -2.32. The smallest absolute Gasteiger partial charge is 0.256 e. The molecule has 2 heterocycles. The summed E-state index contributed by atoms with van der Waals surface area (Å²) in [5.41, 5.74) is 3.75. The van der Waals surface area contributed by atoms with Crippen LogP contribution in [0.4, 0.5) is 15.9 Å². The second-order valence-corrected chi connectivity index (χ2v) is 9.86. The number of carbonyl (C=O) groups is 2. The van der Waals surface area contributed by atoms with Gasteiger partial charge in [0.25, 0.3) is 5.91 Å². The predicted octanol–water partition coefficient (Wildman–Crippen LogP) is 5.74. The van der Waals surface area contributed by atoms with Crippen molar-refractivity contribution in [3.8, 4) is 0 Å². The Bertz CT molecular complexity index is 1520. The van der Waals surface area contributed by atoms with Gasteiger partial charge in [0, 0.05) is 34.0 Å². The Morgan fingerprint density at radius 3 is 2.72 bits per heavy atom. The molecule has 3 aromatic carbocycles. The lowest BCUT2D eigenvalue weighted by atomic mass is 9.92. The van der Waals surface area contributed by atoms with E-state index in [1.54, 1.807) is 35.2 Å². The number of hydrogen-bond acceptors (Lipinski definition) is 3. The first-order chi connectivity index (χ1) is 17.3. The van der Waals surface area contributed by atoms with E-state index in [2.05, 4.69) is 15.5 Å². The topological polar surface area (TPSA) is 78.1 Å². The summed E-state index contributed by atoms with van der Waals surface area (Å²) in [5, 5.41) is 10.2. The molecule has 1 aromatic heterocycles. The van der Waals surface area contributed by atoms with Crippen LogP contribution in [-0.2, 0) is 16.8 Å². The van der Waals surface area contributed by atoms with Crippen molar-refractivity contribution in [2.75, 3.05) is 10.2 Å². The van der Waals surface area contributed by atoms with Gasteiger partial charge in [-0.05, 0) is 72.5 Å². The molecule has 1 spiro atoms. The molecule has 4 aromatic rings. The summed E-state index contributed by atoms with van der Waals surface area (Å²) in [7, 11) is 0. The van der Waals surface area contributed by atoms with E-state index in [-0.39, 0.29) is 30.1 Å². The number of fused-ring (bicyclic) bond motifs is 2. The minimum absolute atomic E-state index is 0.0396. The number of aryl methyl sites for hydroxylation is 1. The summed E-state index contributed by atoms with van der Waals surface area (Å²) in [6.45, 7) is 2.12. The van der Waals surface area contributed by atoms with Crippen LogP contribution in [0.25, 0.3) is 0 Å². The third-order valence-electron chi connectivity index (χ3n) is 7.07. The largest absolute Gasteiger partial charge is 0.307 e. The fraction of sp³-hybridized carbons (Fsp3) is 0.179. The summed E-state index contributed by atoms with van der Waals surface area (Å²) in [6.07, 6.45) is 0.617. The molecule has 36 heavy (non-hydrogen) atoms. The molecule has 6 nitrogen and oxygen atoms in total. The van der Waals surface area contributed by atoms with Crippen molar-refractivity contribution in [3.63, 3.8) is 0 Å². The van der Waals surface area contributed by atoms with Gasteiger partial charge < -0.3 is 10.2 Å². The normalized spacial score (nSPS) is 20.0. The zero-order valence-electron chi connectivity index (χ0n) is 19.4. The Balaban J connectivity index is 1.29. The van der Waals surface area contributed by atoms with Crippen molar-refractivity contribution in [2.45, 2.75) is 31.2 Å². The fourth-order valence-electron chi connectivity index (χ4n) is 5.28. The van der Waals surface area contributed by atoms with Crippen LogP contribution in [0.15, 0.2) is 72.8 Å². The van der Waals surface area contributed by atoms with Gasteiger partial charge in [-0.15, -0.1) is 0 Å². The number of halogens is 2. The molecular weight excluding hydrogens is 479 g/mol. The molecule has 1 fully saturated rings.